The van der Waals surface area contributed by atoms with Crippen LogP contribution in [0.5, 0.6) is 5.75 Å². The van der Waals surface area contributed by atoms with Gasteiger partial charge in [0.15, 0.2) is 0 Å². The normalized spacial score (nSPS) is 17.3. The molecule has 1 saturated carbocycles. The number of aromatic carboxylic acids is 1. The fourth-order valence-electron chi connectivity index (χ4n) is 3.87. The Bertz CT molecular complexity index is 1110. The maximum absolute atomic E-state index is 13.3. The summed E-state index contributed by atoms with van der Waals surface area (Å²) >= 11 is 0. The number of ether oxygens (including phenoxy) is 1. The number of nitrogens with one attached hydrogen (secondary N) is 1. The lowest BCUT2D eigenvalue weighted by atomic mass is 9.81. The van der Waals surface area contributed by atoms with E-state index in [9.17, 15) is 36.1 Å². The van der Waals surface area contributed by atoms with Gasteiger partial charge >= 0.3 is 12.3 Å². The molecule has 0 aliphatic heterocycles. The highest BCUT2D eigenvalue weighted by molar-refractivity contribution is 7.83. The molecule has 3 rings (SSSR count). The fourth-order valence-corrected chi connectivity index (χ4v) is 5.01. The first-order valence-corrected chi connectivity index (χ1v) is 11.5. The molecule has 1 fully saturated rings. The molecule has 0 saturated heterocycles. The molecular formula is C22H25F5N2O4S. The first-order valence-electron chi connectivity index (χ1n) is 10.4. The Labute approximate surface area is 195 Å². The lowest BCUT2D eigenvalue weighted by Crippen LogP contribution is -2.38. The molecule has 1 atom stereocenters. The maximum Gasteiger partial charge on any atom is 0.573 e. The van der Waals surface area contributed by atoms with E-state index < -0.39 is 46.4 Å². The number of alkyl halides is 5. The Morgan fingerprint density at radius 1 is 1.24 bits per heavy atom. The molecule has 1 aliphatic rings. The average molecular weight is 509 g/mol. The number of hydrogen-bond acceptors (Lipinski definition) is 3. The highest BCUT2D eigenvalue weighted by atomic mass is 32.2. The van der Waals surface area contributed by atoms with Crippen molar-refractivity contribution in [2.45, 2.75) is 69.8 Å². The molecule has 0 bridgehead atoms. The van der Waals surface area contributed by atoms with Crippen molar-refractivity contribution in [2.75, 3.05) is 0 Å². The number of carboxylic acid groups (broad SMARTS) is 1. The molecule has 6 nitrogen and oxygen atoms in total. The summed E-state index contributed by atoms with van der Waals surface area (Å²) in [6.07, 6.45) is -5.78. The smallest absolute Gasteiger partial charge is 0.478 e. The Kier molecular flexibility index (Phi) is 6.88. The molecule has 2 aromatic rings. The van der Waals surface area contributed by atoms with Gasteiger partial charge in [0, 0.05) is 41.9 Å². The summed E-state index contributed by atoms with van der Waals surface area (Å²) in [6, 6.07) is 4.91. The van der Waals surface area contributed by atoms with Crippen molar-refractivity contribution in [3.05, 3.63) is 35.5 Å². The Balaban J connectivity index is 2.07. The van der Waals surface area contributed by atoms with E-state index in [0.29, 0.717) is 0 Å². The third-order valence-electron chi connectivity index (χ3n) is 5.28. The van der Waals surface area contributed by atoms with Crippen molar-refractivity contribution in [1.82, 2.24) is 9.29 Å². The van der Waals surface area contributed by atoms with Gasteiger partial charge in [-0.1, -0.05) is 6.07 Å². The summed E-state index contributed by atoms with van der Waals surface area (Å²) in [7, 11) is -2.05. The van der Waals surface area contributed by atoms with Crippen molar-refractivity contribution >= 4 is 17.0 Å². The average Bonchev–Trinajstić information content (AvgIpc) is 2.94. The second-order valence-corrected chi connectivity index (χ2v) is 10.6. The van der Waals surface area contributed by atoms with Crippen molar-refractivity contribution < 1.29 is 40.8 Å². The molecule has 2 N–H and O–H groups in total. The first kappa shape index (κ1) is 26.1. The van der Waals surface area contributed by atoms with Gasteiger partial charge in [0.2, 0.25) is 5.92 Å². The van der Waals surface area contributed by atoms with Gasteiger partial charge in [0.05, 0.1) is 10.5 Å². The number of rotatable bonds is 7. The number of hydrogen-bond donors (Lipinski definition) is 2. The lowest BCUT2D eigenvalue weighted by molar-refractivity contribution is -0.275. The molecule has 12 heteroatoms. The third-order valence-corrected chi connectivity index (χ3v) is 6.81. The summed E-state index contributed by atoms with van der Waals surface area (Å²) in [4.78, 5) is 11.4. The van der Waals surface area contributed by atoms with Gasteiger partial charge in [-0.05, 0) is 51.8 Å². The predicted octanol–water partition coefficient (Wildman–Crippen LogP) is 5.52. The maximum atomic E-state index is 13.3. The van der Waals surface area contributed by atoms with Crippen molar-refractivity contribution in [1.29, 1.82) is 0 Å². The molecule has 34 heavy (non-hydrogen) atoms. The number of carboxylic acids is 1. The standard InChI is InChI=1S/C22H25F5N2O4S/c1-12-15(19(30)31)8-16(29(12)11-13-9-21(23,24)10-13)14-5-6-18(34(32)28-20(2,3)4)17(7-14)33-22(25,26)27/h5-8,13,28H,9-11H2,1-4H3,(H,30,31). The van der Waals surface area contributed by atoms with E-state index in [1.165, 1.54) is 29.7 Å². The zero-order valence-corrected chi connectivity index (χ0v) is 19.7. The molecule has 1 heterocycles. The van der Waals surface area contributed by atoms with E-state index in [1.807, 2.05) is 0 Å². The van der Waals surface area contributed by atoms with E-state index >= 15 is 0 Å². The van der Waals surface area contributed by atoms with Crippen LogP contribution in [-0.4, -0.2) is 37.7 Å². The van der Waals surface area contributed by atoms with Crippen LogP contribution in [0.4, 0.5) is 22.0 Å². The van der Waals surface area contributed by atoms with E-state index in [2.05, 4.69) is 9.46 Å². The third kappa shape index (κ3) is 6.15. The minimum absolute atomic E-state index is 0.0821. The van der Waals surface area contributed by atoms with Crippen molar-refractivity contribution in [2.24, 2.45) is 5.92 Å². The van der Waals surface area contributed by atoms with Crippen LogP contribution in [0.2, 0.25) is 0 Å². The Morgan fingerprint density at radius 2 is 1.85 bits per heavy atom. The predicted molar refractivity (Wildman–Crippen MR) is 115 cm³/mol. The van der Waals surface area contributed by atoms with Crippen LogP contribution in [0, 0.1) is 12.8 Å². The highest BCUT2D eigenvalue weighted by Gasteiger charge is 2.45. The second-order valence-electron chi connectivity index (χ2n) is 9.40. The molecule has 0 amide bonds. The monoisotopic (exact) mass is 508 g/mol. The van der Waals surface area contributed by atoms with Gasteiger partial charge < -0.3 is 14.4 Å². The molecular weight excluding hydrogens is 483 g/mol. The number of carbonyl (C=O) groups is 1. The number of halogens is 5. The van der Waals surface area contributed by atoms with E-state index in [4.69, 9.17) is 0 Å². The van der Waals surface area contributed by atoms with Gasteiger partial charge in [0.1, 0.15) is 16.7 Å². The minimum Gasteiger partial charge on any atom is -0.478 e. The van der Waals surface area contributed by atoms with Crippen LogP contribution in [0.25, 0.3) is 11.3 Å². The fraction of sp³-hybridized carbons (Fsp3) is 0.500. The second kappa shape index (κ2) is 8.95. The summed E-state index contributed by atoms with van der Waals surface area (Å²) in [5.74, 6) is -5.15. The summed E-state index contributed by atoms with van der Waals surface area (Å²) in [6.45, 7) is 6.66. The van der Waals surface area contributed by atoms with Gasteiger partial charge in [-0.15, -0.1) is 13.2 Å². The summed E-state index contributed by atoms with van der Waals surface area (Å²) in [5, 5.41) is 9.52. The summed E-state index contributed by atoms with van der Waals surface area (Å²) in [5.41, 5.74) is -0.0818. The summed E-state index contributed by atoms with van der Waals surface area (Å²) < 4.78 is 87.0. The van der Waals surface area contributed by atoms with E-state index in [0.717, 1.165) is 6.07 Å². The molecule has 1 aromatic heterocycles. The zero-order valence-electron chi connectivity index (χ0n) is 18.9. The van der Waals surface area contributed by atoms with Gasteiger partial charge in [-0.2, -0.15) is 0 Å². The number of benzene rings is 1. The first-order chi connectivity index (χ1) is 15.5. The highest BCUT2D eigenvalue weighted by Crippen LogP contribution is 2.44. The minimum atomic E-state index is -5.07. The van der Waals surface area contributed by atoms with Gasteiger partial charge in [-0.25, -0.2) is 22.5 Å². The largest absolute Gasteiger partial charge is 0.573 e. The topological polar surface area (TPSA) is 80.6 Å². The van der Waals surface area contributed by atoms with Crippen molar-refractivity contribution in [3.63, 3.8) is 0 Å². The lowest BCUT2D eigenvalue weighted by Gasteiger charge is -2.35. The van der Waals surface area contributed by atoms with Crippen LogP contribution in [0.1, 0.15) is 49.7 Å². The van der Waals surface area contributed by atoms with Gasteiger partial charge in [-0.3, -0.25) is 0 Å². The van der Waals surface area contributed by atoms with Crippen molar-refractivity contribution in [3.8, 4) is 17.0 Å². The molecule has 1 aromatic carbocycles. The van der Waals surface area contributed by atoms with Crippen LogP contribution in [0.3, 0.4) is 0 Å². The molecule has 0 spiro atoms. The Morgan fingerprint density at radius 3 is 2.35 bits per heavy atom. The van der Waals surface area contributed by atoms with Crippen LogP contribution < -0.4 is 9.46 Å². The molecule has 1 unspecified atom stereocenters. The Hall–Kier alpha value is -2.47. The zero-order chi connectivity index (χ0) is 25.6. The van der Waals surface area contributed by atoms with E-state index in [-0.39, 0.29) is 46.8 Å². The molecule has 1 aliphatic carbocycles. The SMILES string of the molecule is Cc1c(C(=O)O)cc(-c2ccc(S(=O)NC(C)(C)C)c(OC(F)(F)F)c2)n1CC1CC(F)(F)C1. The van der Waals surface area contributed by atoms with Crippen LogP contribution in [-0.2, 0) is 17.5 Å². The quantitative estimate of drug-likeness (QED) is 0.483. The van der Waals surface area contributed by atoms with Crippen LogP contribution in [0.15, 0.2) is 29.2 Å². The number of nitrogens with zero attached hydrogens (tertiary/aromatic N) is 1. The number of aromatic nitrogens is 1. The van der Waals surface area contributed by atoms with Crippen LogP contribution >= 0.6 is 0 Å². The molecule has 0 radical (unpaired) electrons. The van der Waals surface area contributed by atoms with Gasteiger partial charge in [0.25, 0.3) is 0 Å². The molecule has 188 valence electrons. The van der Waals surface area contributed by atoms with E-state index in [1.54, 1.807) is 20.8 Å².